The van der Waals surface area contributed by atoms with Crippen LogP contribution in [-0.4, -0.2) is 18.0 Å². The topological polar surface area (TPSA) is 55.4 Å². The zero-order chi connectivity index (χ0) is 18.4. The van der Waals surface area contributed by atoms with E-state index in [-0.39, 0.29) is 5.69 Å². The first-order chi connectivity index (χ1) is 11.9. The molecule has 1 atom stereocenters. The first-order valence-electron chi connectivity index (χ1n) is 7.57. The number of aryl methyl sites for hydroxylation is 1. The quantitative estimate of drug-likeness (QED) is 0.661. The number of carbonyl (C=O) groups excluding carboxylic acids is 2. The molecule has 0 bridgehead atoms. The maximum Gasteiger partial charge on any atom is 0.331 e. The Labute approximate surface area is 144 Å². The molecule has 0 aliphatic rings. The average molecular weight is 345 g/mol. The van der Waals surface area contributed by atoms with E-state index in [9.17, 15) is 18.4 Å². The second kappa shape index (κ2) is 8.19. The number of anilines is 1. The van der Waals surface area contributed by atoms with Gasteiger partial charge in [0.05, 0.1) is 5.69 Å². The van der Waals surface area contributed by atoms with E-state index in [2.05, 4.69) is 5.32 Å². The van der Waals surface area contributed by atoms with Crippen LogP contribution in [0.15, 0.2) is 48.5 Å². The second-order valence-electron chi connectivity index (χ2n) is 5.38. The van der Waals surface area contributed by atoms with E-state index in [1.165, 1.54) is 13.0 Å². The smallest absolute Gasteiger partial charge is 0.331 e. The van der Waals surface area contributed by atoms with Gasteiger partial charge >= 0.3 is 5.97 Å². The summed E-state index contributed by atoms with van der Waals surface area (Å²) in [4.78, 5) is 23.7. The van der Waals surface area contributed by atoms with Crippen molar-refractivity contribution in [3.8, 4) is 0 Å². The van der Waals surface area contributed by atoms with Crippen molar-refractivity contribution in [1.29, 1.82) is 0 Å². The SMILES string of the molecule is Cc1ccccc1/C=C/C(=O)O[C@H](C)C(=O)Nc1cc(F)ccc1F. The minimum Gasteiger partial charge on any atom is -0.449 e. The van der Waals surface area contributed by atoms with Crippen molar-refractivity contribution < 1.29 is 23.1 Å². The number of carbonyl (C=O) groups is 2. The Bertz CT molecular complexity index is 818. The Balaban J connectivity index is 1.95. The van der Waals surface area contributed by atoms with Gasteiger partial charge in [0.25, 0.3) is 5.91 Å². The molecule has 0 aliphatic carbocycles. The van der Waals surface area contributed by atoms with Gasteiger partial charge in [0.1, 0.15) is 11.6 Å². The zero-order valence-electron chi connectivity index (χ0n) is 13.8. The molecule has 2 aromatic rings. The number of halogens is 2. The van der Waals surface area contributed by atoms with Crippen LogP contribution in [0.25, 0.3) is 6.08 Å². The molecule has 0 saturated heterocycles. The van der Waals surface area contributed by atoms with Gasteiger partial charge in [-0.1, -0.05) is 24.3 Å². The summed E-state index contributed by atoms with van der Waals surface area (Å²) >= 11 is 0. The molecule has 6 heteroatoms. The Kier molecular flexibility index (Phi) is 6.00. The summed E-state index contributed by atoms with van der Waals surface area (Å²) in [7, 11) is 0. The highest BCUT2D eigenvalue weighted by Gasteiger charge is 2.18. The molecule has 2 rings (SSSR count). The minimum atomic E-state index is -1.17. The first kappa shape index (κ1) is 18.3. The lowest BCUT2D eigenvalue weighted by molar-refractivity contribution is -0.148. The Morgan fingerprint density at radius 1 is 1.16 bits per heavy atom. The molecule has 2 aromatic carbocycles. The number of esters is 1. The Morgan fingerprint density at radius 2 is 1.88 bits per heavy atom. The summed E-state index contributed by atoms with van der Waals surface area (Å²) in [5, 5.41) is 2.18. The molecule has 4 nitrogen and oxygen atoms in total. The van der Waals surface area contributed by atoms with Crippen LogP contribution in [0, 0.1) is 18.6 Å². The fourth-order valence-electron chi connectivity index (χ4n) is 2.03. The number of nitrogens with one attached hydrogen (secondary N) is 1. The van der Waals surface area contributed by atoms with Crippen LogP contribution >= 0.6 is 0 Å². The first-order valence-corrected chi connectivity index (χ1v) is 7.57. The van der Waals surface area contributed by atoms with Crippen molar-refractivity contribution in [3.05, 3.63) is 71.3 Å². The molecule has 0 spiro atoms. The highest BCUT2D eigenvalue weighted by Crippen LogP contribution is 2.16. The van der Waals surface area contributed by atoms with Crippen LogP contribution in [0.4, 0.5) is 14.5 Å². The van der Waals surface area contributed by atoms with Crippen molar-refractivity contribution in [2.24, 2.45) is 0 Å². The maximum absolute atomic E-state index is 13.5. The molecule has 0 aliphatic heterocycles. The molecular formula is C19H17F2NO3. The molecule has 1 N–H and O–H groups in total. The van der Waals surface area contributed by atoms with E-state index in [0.717, 1.165) is 29.3 Å². The van der Waals surface area contributed by atoms with Crippen LogP contribution in [0.2, 0.25) is 0 Å². The summed E-state index contributed by atoms with van der Waals surface area (Å²) in [5.41, 5.74) is 1.51. The largest absolute Gasteiger partial charge is 0.449 e. The third kappa shape index (κ3) is 5.24. The predicted octanol–water partition coefficient (Wildman–Crippen LogP) is 3.86. The predicted molar refractivity (Wildman–Crippen MR) is 90.8 cm³/mol. The number of rotatable bonds is 5. The second-order valence-corrected chi connectivity index (χ2v) is 5.38. The van der Waals surface area contributed by atoms with Crippen molar-refractivity contribution in [2.75, 3.05) is 5.32 Å². The van der Waals surface area contributed by atoms with E-state index in [1.54, 1.807) is 6.08 Å². The van der Waals surface area contributed by atoms with Gasteiger partial charge in [-0.05, 0) is 43.2 Å². The van der Waals surface area contributed by atoms with E-state index < -0.39 is 29.6 Å². The molecule has 0 saturated carbocycles. The number of benzene rings is 2. The van der Waals surface area contributed by atoms with Crippen molar-refractivity contribution in [3.63, 3.8) is 0 Å². The van der Waals surface area contributed by atoms with Gasteiger partial charge in [-0.25, -0.2) is 13.6 Å². The monoisotopic (exact) mass is 345 g/mol. The Morgan fingerprint density at radius 3 is 2.60 bits per heavy atom. The van der Waals surface area contributed by atoms with E-state index in [4.69, 9.17) is 4.74 Å². The van der Waals surface area contributed by atoms with Crippen LogP contribution < -0.4 is 5.32 Å². The van der Waals surface area contributed by atoms with Gasteiger partial charge in [-0.3, -0.25) is 4.79 Å². The zero-order valence-corrected chi connectivity index (χ0v) is 13.8. The minimum absolute atomic E-state index is 0.316. The molecule has 0 heterocycles. The van der Waals surface area contributed by atoms with E-state index >= 15 is 0 Å². The number of hydrogen-bond acceptors (Lipinski definition) is 3. The standard InChI is InChI=1S/C19H17F2NO3/c1-12-5-3-4-6-14(12)7-10-18(23)25-13(2)19(24)22-17-11-15(20)8-9-16(17)21/h3-11,13H,1-2H3,(H,22,24)/b10-7+/t13-/m1/s1. The Hall–Kier alpha value is -3.02. The summed E-state index contributed by atoms with van der Waals surface area (Å²) in [5.74, 6) is -2.96. The molecule has 1 amide bonds. The van der Waals surface area contributed by atoms with Crippen LogP contribution in [0.3, 0.4) is 0 Å². The van der Waals surface area contributed by atoms with Gasteiger partial charge < -0.3 is 10.1 Å². The van der Waals surface area contributed by atoms with Crippen molar-refractivity contribution in [1.82, 2.24) is 0 Å². The molecule has 130 valence electrons. The van der Waals surface area contributed by atoms with Crippen molar-refractivity contribution in [2.45, 2.75) is 20.0 Å². The number of hydrogen-bond donors (Lipinski definition) is 1. The number of ether oxygens (including phenoxy) is 1. The average Bonchev–Trinajstić information content (AvgIpc) is 2.57. The van der Waals surface area contributed by atoms with Crippen LogP contribution in [0.5, 0.6) is 0 Å². The lowest BCUT2D eigenvalue weighted by Crippen LogP contribution is -2.29. The fourth-order valence-corrected chi connectivity index (χ4v) is 2.03. The van der Waals surface area contributed by atoms with Gasteiger partial charge in [0.15, 0.2) is 6.10 Å². The third-order valence-corrected chi connectivity index (χ3v) is 3.44. The lowest BCUT2D eigenvalue weighted by Gasteiger charge is -2.13. The number of amides is 1. The van der Waals surface area contributed by atoms with E-state index in [0.29, 0.717) is 0 Å². The maximum atomic E-state index is 13.5. The van der Waals surface area contributed by atoms with E-state index in [1.807, 2.05) is 31.2 Å². The third-order valence-electron chi connectivity index (χ3n) is 3.44. The summed E-state index contributed by atoms with van der Waals surface area (Å²) in [6.07, 6.45) is 1.61. The highest BCUT2D eigenvalue weighted by atomic mass is 19.1. The highest BCUT2D eigenvalue weighted by molar-refractivity contribution is 5.96. The summed E-state index contributed by atoms with van der Waals surface area (Å²) in [6, 6.07) is 10.1. The summed E-state index contributed by atoms with van der Waals surface area (Å²) in [6.45, 7) is 3.24. The molecule has 0 fully saturated rings. The van der Waals surface area contributed by atoms with Crippen LogP contribution in [0.1, 0.15) is 18.1 Å². The molecular weight excluding hydrogens is 328 g/mol. The lowest BCUT2D eigenvalue weighted by atomic mass is 10.1. The van der Waals surface area contributed by atoms with Gasteiger partial charge in [0.2, 0.25) is 0 Å². The molecule has 0 radical (unpaired) electrons. The normalized spacial score (nSPS) is 12.0. The van der Waals surface area contributed by atoms with Gasteiger partial charge in [-0.15, -0.1) is 0 Å². The molecule has 0 aromatic heterocycles. The summed E-state index contributed by atoms with van der Waals surface area (Å²) < 4.78 is 31.6. The fraction of sp³-hybridized carbons (Fsp3) is 0.158. The van der Waals surface area contributed by atoms with Gasteiger partial charge in [-0.2, -0.15) is 0 Å². The van der Waals surface area contributed by atoms with Crippen LogP contribution in [-0.2, 0) is 14.3 Å². The van der Waals surface area contributed by atoms with Crippen molar-refractivity contribution >= 4 is 23.6 Å². The van der Waals surface area contributed by atoms with Gasteiger partial charge in [0, 0.05) is 12.1 Å². The molecule has 0 unspecified atom stereocenters. The molecule has 25 heavy (non-hydrogen) atoms.